The molecule has 0 N–H and O–H groups in total. The van der Waals surface area contributed by atoms with E-state index >= 15 is 0 Å². The van der Waals surface area contributed by atoms with Crippen molar-refractivity contribution in [3.05, 3.63) is 67.7 Å². The van der Waals surface area contributed by atoms with Crippen molar-refractivity contribution in [3.63, 3.8) is 0 Å². The first-order chi connectivity index (χ1) is 10.4. The van der Waals surface area contributed by atoms with E-state index in [-0.39, 0.29) is 28.7 Å². The van der Waals surface area contributed by atoms with Gasteiger partial charge in [-0.05, 0) is 25.1 Å². The Balaban J connectivity index is 2.12. The highest BCUT2D eigenvalue weighted by Crippen LogP contribution is 2.27. The molecule has 0 aliphatic heterocycles. The molecule has 2 aromatic carbocycles. The van der Waals surface area contributed by atoms with Gasteiger partial charge < -0.3 is 4.74 Å². The van der Waals surface area contributed by atoms with Crippen molar-refractivity contribution in [2.45, 2.75) is 6.92 Å². The van der Waals surface area contributed by atoms with Gasteiger partial charge in [0.05, 0.1) is 9.95 Å². The van der Waals surface area contributed by atoms with Gasteiger partial charge in [0.2, 0.25) is 0 Å². The van der Waals surface area contributed by atoms with Crippen LogP contribution in [0.15, 0.2) is 36.4 Å². The molecule has 0 aliphatic rings. The second-order valence-corrected chi connectivity index (χ2v) is 5.39. The minimum Gasteiger partial charge on any atom is -0.484 e. The maximum atomic E-state index is 12.1. The minimum atomic E-state index is -0.525. The molecule has 0 atom stereocenters. The molecule has 0 saturated carbocycles. The second-order valence-electron chi connectivity index (χ2n) is 4.54. The lowest BCUT2D eigenvalue weighted by molar-refractivity contribution is -0.385. The van der Waals surface area contributed by atoms with Crippen molar-refractivity contribution >= 4 is 34.7 Å². The van der Waals surface area contributed by atoms with Gasteiger partial charge in [-0.25, -0.2) is 0 Å². The van der Waals surface area contributed by atoms with Gasteiger partial charge in [0.15, 0.2) is 12.4 Å². The number of ether oxygens (including phenoxy) is 1. The molecular formula is C15H11Cl2NO4. The number of halogens is 2. The summed E-state index contributed by atoms with van der Waals surface area (Å²) in [5.41, 5.74) is 0.598. The summed E-state index contributed by atoms with van der Waals surface area (Å²) in [6.45, 7) is 1.33. The molecule has 0 radical (unpaired) electrons. The lowest BCUT2D eigenvalue weighted by Gasteiger charge is -2.08. The van der Waals surface area contributed by atoms with Crippen LogP contribution in [0.4, 0.5) is 5.69 Å². The lowest BCUT2D eigenvalue weighted by atomic mass is 10.1. The minimum absolute atomic E-state index is 0.102. The van der Waals surface area contributed by atoms with E-state index in [1.807, 2.05) is 0 Å². The summed E-state index contributed by atoms with van der Waals surface area (Å²) in [4.78, 5) is 22.4. The standard InChI is InChI=1S/C15H11Cl2NO4/c1-9-2-3-10(6-13(9)18(20)21)14(19)8-22-15-5-4-11(16)7-12(15)17/h2-7H,8H2,1H3. The molecule has 0 fully saturated rings. The molecule has 0 spiro atoms. The SMILES string of the molecule is Cc1ccc(C(=O)COc2ccc(Cl)cc2Cl)cc1[N+](=O)[O-]. The Morgan fingerprint density at radius 1 is 1.23 bits per heavy atom. The van der Waals surface area contributed by atoms with E-state index in [0.717, 1.165) is 0 Å². The molecule has 114 valence electrons. The van der Waals surface area contributed by atoms with Crippen molar-refractivity contribution in [2.75, 3.05) is 6.61 Å². The largest absolute Gasteiger partial charge is 0.484 e. The Bertz CT molecular complexity index is 746. The quantitative estimate of drug-likeness (QED) is 0.457. The van der Waals surface area contributed by atoms with Crippen LogP contribution >= 0.6 is 23.2 Å². The number of carbonyl (C=O) groups is 1. The fourth-order valence-electron chi connectivity index (χ4n) is 1.80. The highest BCUT2D eigenvalue weighted by Gasteiger charge is 2.15. The highest BCUT2D eigenvalue weighted by atomic mass is 35.5. The summed E-state index contributed by atoms with van der Waals surface area (Å²) in [7, 11) is 0. The van der Waals surface area contributed by atoms with Gasteiger partial charge in [0.25, 0.3) is 5.69 Å². The Kier molecular flexibility index (Phi) is 5.00. The number of hydrogen-bond donors (Lipinski definition) is 0. The topological polar surface area (TPSA) is 69.4 Å². The molecule has 0 heterocycles. The molecular weight excluding hydrogens is 329 g/mol. The number of hydrogen-bond acceptors (Lipinski definition) is 4. The second kappa shape index (κ2) is 6.77. The number of nitrogens with zero attached hydrogens (tertiary/aromatic N) is 1. The van der Waals surface area contributed by atoms with E-state index in [0.29, 0.717) is 16.3 Å². The van der Waals surface area contributed by atoms with Crippen LogP contribution in [0, 0.1) is 17.0 Å². The van der Waals surface area contributed by atoms with Crippen LogP contribution in [-0.2, 0) is 0 Å². The molecule has 0 aromatic heterocycles. The summed E-state index contributed by atoms with van der Waals surface area (Å²) in [5.74, 6) is -0.0601. The van der Waals surface area contributed by atoms with Gasteiger partial charge in [-0.1, -0.05) is 35.3 Å². The van der Waals surface area contributed by atoms with Gasteiger partial charge in [0.1, 0.15) is 5.75 Å². The summed E-state index contributed by atoms with van der Waals surface area (Å²) < 4.78 is 5.33. The zero-order chi connectivity index (χ0) is 16.3. The van der Waals surface area contributed by atoms with Crippen molar-refractivity contribution in [1.82, 2.24) is 0 Å². The number of aryl methyl sites for hydroxylation is 1. The van der Waals surface area contributed by atoms with Crippen LogP contribution in [-0.4, -0.2) is 17.3 Å². The van der Waals surface area contributed by atoms with Crippen LogP contribution in [0.25, 0.3) is 0 Å². The van der Waals surface area contributed by atoms with E-state index in [4.69, 9.17) is 27.9 Å². The Morgan fingerprint density at radius 3 is 2.59 bits per heavy atom. The molecule has 5 nitrogen and oxygen atoms in total. The van der Waals surface area contributed by atoms with Gasteiger partial charge in [-0.2, -0.15) is 0 Å². The van der Waals surface area contributed by atoms with Gasteiger partial charge in [-0.3, -0.25) is 14.9 Å². The number of nitro groups is 1. The average molecular weight is 340 g/mol. The van der Waals surface area contributed by atoms with E-state index in [1.165, 1.54) is 24.3 Å². The van der Waals surface area contributed by atoms with E-state index < -0.39 is 4.92 Å². The molecule has 22 heavy (non-hydrogen) atoms. The summed E-state index contributed by atoms with van der Waals surface area (Å²) in [6.07, 6.45) is 0. The van der Waals surface area contributed by atoms with E-state index in [1.54, 1.807) is 19.1 Å². The smallest absolute Gasteiger partial charge is 0.273 e. The van der Waals surface area contributed by atoms with Gasteiger partial charge >= 0.3 is 0 Å². The number of carbonyl (C=O) groups excluding carboxylic acids is 1. The highest BCUT2D eigenvalue weighted by molar-refractivity contribution is 6.35. The van der Waals surface area contributed by atoms with Gasteiger partial charge in [-0.15, -0.1) is 0 Å². The third-order valence-corrected chi connectivity index (χ3v) is 3.51. The zero-order valence-corrected chi connectivity index (χ0v) is 13.0. The maximum absolute atomic E-state index is 12.1. The fourth-order valence-corrected chi connectivity index (χ4v) is 2.26. The number of benzene rings is 2. The molecule has 2 rings (SSSR count). The molecule has 0 unspecified atom stereocenters. The predicted octanol–water partition coefficient (Wildman–Crippen LogP) is 4.47. The first kappa shape index (κ1) is 16.3. The van der Waals surface area contributed by atoms with Crippen molar-refractivity contribution < 1.29 is 14.5 Å². The molecule has 0 saturated heterocycles. The fraction of sp³-hybridized carbons (Fsp3) is 0.133. The Hall–Kier alpha value is -2.11. The molecule has 0 amide bonds. The zero-order valence-electron chi connectivity index (χ0n) is 11.5. The molecule has 2 aromatic rings. The lowest BCUT2D eigenvalue weighted by Crippen LogP contribution is -2.12. The normalized spacial score (nSPS) is 10.3. The summed E-state index contributed by atoms with van der Waals surface area (Å²) in [5, 5.41) is 11.6. The monoisotopic (exact) mass is 339 g/mol. The molecule has 0 bridgehead atoms. The van der Waals surface area contributed by atoms with Gasteiger partial charge in [0, 0.05) is 22.2 Å². The Labute approximate surface area is 136 Å². The Morgan fingerprint density at radius 2 is 1.95 bits per heavy atom. The molecule has 0 aliphatic carbocycles. The van der Waals surface area contributed by atoms with Crippen LogP contribution < -0.4 is 4.74 Å². The number of ketones is 1. The molecule has 7 heteroatoms. The van der Waals surface area contributed by atoms with E-state index in [2.05, 4.69) is 0 Å². The van der Waals surface area contributed by atoms with Crippen molar-refractivity contribution in [3.8, 4) is 5.75 Å². The van der Waals surface area contributed by atoms with E-state index in [9.17, 15) is 14.9 Å². The third kappa shape index (κ3) is 3.75. The van der Waals surface area contributed by atoms with Crippen LogP contribution in [0.3, 0.4) is 0 Å². The number of nitro benzene ring substituents is 1. The van der Waals surface area contributed by atoms with Crippen molar-refractivity contribution in [2.24, 2.45) is 0 Å². The average Bonchev–Trinajstić information content (AvgIpc) is 2.46. The number of Topliss-reactive ketones (excluding diaryl/α,β-unsaturated/α-hetero) is 1. The first-order valence-corrected chi connectivity index (χ1v) is 7.00. The predicted molar refractivity (Wildman–Crippen MR) is 84.1 cm³/mol. The van der Waals surface area contributed by atoms with Crippen molar-refractivity contribution in [1.29, 1.82) is 0 Å². The summed E-state index contributed by atoms with van der Waals surface area (Å²) >= 11 is 11.7. The van der Waals surface area contributed by atoms with Crippen LogP contribution in [0.5, 0.6) is 5.75 Å². The first-order valence-electron chi connectivity index (χ1n) is 6.24. The maximum Gasteiger partial charge on any atom is 0.273 e. The van der Waals surface area contributed by atoms with Crippen LogP contribution in [0.2, 0.25) is 10.0 Å². The third-order valence-electron chi connectivity index (χ3n) is 2.98. The van der Waals surface area contributed by atoms with Crippen LogP contribution in [0.1, 0.15) is 15.9 Å². The summed E-state index contributed by atoms with van der Waals surface area (Å²) in [6, 6.07) is 8.93. The number of rotatable bonds is 5.